The van der Waals surface area contributed by atoms with Crippen molar-refractivity contribution >= 4 is 11.9 Å². The van der Waals surface area contributed by atoms with Crippen molar-refractivity contribution in [2.24, 2.45) is 11.8 Å². The van der Waals surface area contributed by atoms with Crippen molar-refractivity contribution in [2.75, 3.05) is 6.61 Å². The maximum Gasteiger partial charge on any atom is 0.309 e. The number of hydrogen-bond acceptors (Lipinski definition) is 9. The van der Waals surface area contributed by atoms with Crippen molar-refractivity contribution in [1.82, 2.24) is 0 Å². The van der Waals surface area contributed by atoms with Crippen molar-refractivity contribution in [1.29, 1.82) is 0 Å². The molecule has 3 N–H and O–H groups in total. The minimum Gasteiger partial charge on any atom is -0.457 e. The molecule has 2 aliphatic heterocycles. The molecule has 10 atom stereocenters. The SMILES string of the molecule is CCOC1(C)CCC(O)CC(=O)OC(/C(C)=C/C=C/C(C)(O)CC2OC2C(C)C(O)CC)C(C)/C=C/C1OC(C)=O. The summed E-state index contributed by atoms with van der Waals surface area (Å²) < 4.78 is 23.2. The predicted octanol–water partition coefficient (Wildman–Crippen LogP) is 4.18. The summed E-state index contributed by atoms with van der Waals surface area (Å²) in [6, 6.07) is 0. The van der Waals surface area contributed by atoms with Crippen LogP contribution in [0.1, 0.15) is 87.5 Å². The van der Waals surface area contributed by atoms with E-state index in [-0.39, 0.29) is 36.9 Å². The first kappa shape index (κ1) is 35.2. The summed E-state index contributed by atoms with van der Waals surface area (Å²) in [4.78, 5) is 24.7. The Morgan fingerprint density at radius 3 is 2.59 bits per heavy atom. The Balaban J connectivity index is 2.23. The van der Waals surface area contributed by atoms with Crippen LogP contribution in [0.4, 0.5) is 0 Å². The Morgan fingerprint density at radius 2 is 1.98 bits per heavy atom. The van der Waals surface area contributed by atoms with E-state index < -0.39 is 47.6 Å². The highest BCUT2D eigenvalue weighted by atomic mass is 16.6. The van der Waals surface area contributed by atoms with Gasteiger partial charge >= 0.3 is 11.9 Å². The minimum atomic E-state index is -1.13. The molecule has 0 aromatic carbocycles. The van der Waals surface area contributed by atoms with Crippen LogP contribution in [-0.4, -0.2) is 81.7 Å². The largest absolute Gasteiger partial charge is 0.457 e. The molecule has 0 saturated carbocycles. The van der Waals surface area contributed by atoms with Gasteiger partial charge in [0.05, 0.1) is 36.4 Å². The lowest BCUT2D eigenvalue weighted by Crippen LogP contribution is -2.44. The highest BCUT2D eigenvalue weighted by molar-refractivity contribution is 5.70. The zero-order valence-corrected chi connectivity index (χ0v) is 26.0. The molecule has 0 radical (unpaired) electrons. The second-order valence-electron chi connectivity index (χ2n) is 12.1. The number of ether oxygens (including phenoxy) is 4. The summed E-state index contributed by atoms with van der Waals surface area (Å²) in [5.41, 5.74) is -1.27. The normalized spacial score (nSPS) is 35.4. The summed E-state index contributed by atoms with van der Waals surface area (Å²) in [5.74, 6) is -1.25. The van der Waals surface area contributed by atoms with Crippen LogP contribution in [0.25, 0.3) is 0 Å². The number of aliphatic hydroxyl groups excluding tert-OH is 2. The maximum absolute atomic E-state index is 12.8. The van der Waals surface area contributed by atoms with Gasteiger partial charge in [0, 0.05) is 31.8 Å². The zero-order chi connectivity index (χ0) is 31.0. The van der Waals surface area contributed by atoms with Crippen LogP contribution in [0.5, 0.6) is 0 Å². The van der Waals surface area contributed by atoms with Crippen LogP contribution >= 0.6 is 0 Å². The highest BCUT2D eigenvalue weighted by Gasteiger charge is 2.47. The molecule has 1 saturated heterocycles. The van der Waals surface area contributed by atoms with E-state index in [1.54, 1.807) is 31.2 Å². The van der Waals surface area contributed by atoms with Crippen LogP contribution in [0.15, 0.2) is 36.0 Å². The van der Waals surface area contributed by atoms with Gasteiger partial charge in [0.1, 0.15) is 17.8 Å². The first-order valence-electron chi connectivity index (χ1n) is 14.9. The van der Waals surface area contributed by atoms with Crippen LogP contribution in [-0.2, 0) is 28.5 Å². The Labute approximate surface area is 245 Å². The summed E-state index contributed by atoms with van der Waals surface area (Å²) in [6.45, 7) is 14.8. The lowest BCUT2D eigenvalue weighted by molar-refractivity contribution is -0.164. The molecule has 234 valence electrons. The molecular formula is C32H52O9. The summed E-state index contributed by atoms with van der Waals surface area (Å²) in [7, 11) is 0. The van der Waals surface area contributed by atoms with Gasteiger partial charge in [-0.15, -0.1) is 0 Å². The molecule has 9 heteroatoms. The lowest BCUT2D eigenvalue weighted by atomic mass is 9.88. The minimum absolute atomic E-state index is 0.00242. The van der Waals surface area contributed by atoms with Gasteiger partial charge in [-0.25, -0.2) is 0 Å². The number of hydrogen-bond donors (Lipinski definition) is 3. The van der Waals surface area contributed by atoms with E-state index in [1.165, 1.54) is 6.92 Å². The maximum atomic E-state index is 12.8. The molecule has 0 amide bonds. The number of carbonyl (C=O) groups is 2. The second kappa shape index (κ2) is 15.4. The van der Waals surface area contributed by atoms with Gasteiger partial charge in [-0.05, 0) is 58.6 Å². The van der Waals surface area contributed by atoms with E-state index in [1.807, 2.05) is 47.6 Å². The van der Waals surface area contributed by atoms with E-state index in [0.717, 1.165) is 5.57 Å². The topological polar surface area (TPSA) is 135 Å². The number of epoxide rings is 1. The molecule has 0 spiro atoms. The van der Waals surface area contributed by atoms with Gasteiger partial charge in [0.15, 0.2) is 0 Å². The molecule has 41 heavy (non-hydrogen) atoms. The Hall–Kier alpha value is -2.04. The second-order valence-corrected chi connectivity index (χ2v) is 12.1. The van der Waals surface area contributed by atoms with Crippen molar-refractivity contribution in [3.8, 4) is 0 Å². The molecule has 2 heterocycles. The van der Waals surface area contributed by atoms with Gasteiger partial charge in [0.2, 0.25) is 0 Å². The highest BCUT2D eigenvalue weighted by Crippen LogP contribution is 2.37. The van der Waals surface area contributed by atoms with Crippen molar-refractivity contribution < 1.29 is 43.9 Å². The van der Waals surface area contributed by atoms with Gasteiger partial charge in [-0.2, -0.15) is 0 Å². The van der Waals surface area contributed by atoms with Crippen LogP contribution in [0.2, 0.25) is 0 Å². The van der Waals surface area contributed by atoms with Crippen molar-refractivity contribution in [3.63, 3.8) is 0 Å². The Kier molecular flexibility index (Phi) is 13.2. The summed E-state index contributed by atoms with van der Waals surface area (Å²) in [6.07, 6.45) is 7.47. The van der Waals surface area contributed by atoms with Crippen molar-refractivity contribution in [3.05, 3.63) is 36.0 Å². The third-order valence-corrected chi connectivity index (χ3v) is 8.11. The fraction of sp³-hybridized carbons (Fsp3) is 0.750. The van der Waals surface area contributed by atoms with E-state index in [4.69, 9.17) is 18.9 Å². The number of esters is 2. The average Bonchev–Trinajstić information content (AvgIpc) is 3.64. The molecule has 10 unspecified atom stereocenters. The Bertz CT molecular complexity index is 955. The first-order valence-corrected chi connectivity index (χ1v) is 14.9. The van der Waals surface area contributed by atoms with E-state index in [0.29, 0.717) is 25.9 Å². The quantitative estimate of drug-likeness (QED) is 0.142. The zero-order valence-electron chi connectivity index (χ0n) is 26.0. The summed E-state index contributed by atoms with van der Waals surface area (Å²) >= 11 is 0. The smallest absolute Gasteiger partial charge is 0.309 e. The fourth-order valence-electron chi connectivity index (χ4n) is 5.45. The van der Waals surface area contributed by atoms with Gasteiger partial charge in [-0.3, -0.25) is 9.59 Å². The molecule has 9 nitrogen and oxygen atoms in total. The van der Waals surface area contributed by atoms with Crippen LogP contribution in [0.3, 0.4) is 0 Å². The average molecular weight is 581 g/mol. The third kappa shape index (κ3) is 10.9. The van der Waals surface area contributed by atoms with Gasteiger partial charge in [0.25, 0.3) is 0 Å². The molecule has 0 aromatic rings. The van der Waals surface area contributed by atoms with Gasteiger partial charge in [-0.1, -0.05) is 45.1 Å². The fourth-order valence-corrected chi connectivity index (χ4v) is 5.45. The first-order chi connectivity index (χ1) is 19.1. The number of aliphatic hydroxyl groups is 3. The molecule has 2 rings (SSSR count). The van der Waals surface area contributed by atoms with E-state index in [2.05, 4.69) is 0 Å². The number of rotatable bonds is 11. The van der Waals surface area contributed by atoms with E-state index >= 15 is 0 Å². The molecular weight excluding hydrogens is 528 g/mol. The van der Waals surface area contributed by atoms with E-state index in [9.17, 15) is 24.9 Å². The lowest BCUT2D eigenvalue weighted by Gasteiger charge is -2.36. The molecule has 0 bridgehead atoms. The number of allylic oxidation sites excluding steroid dienone is 2. The predicted molar refractivity (Wildman–Crippen MR) is 156 cm³/mol. The van der Waals surface area contributed by atoms with Crippen LogP contribution < -0.4 is 0 Å². The Morgan fingerprint density at radius 1 is 1.29 bits per heavy atom. The third-order valence-electron chi connectivity index (χ3n) is 8.11. The molecule has 0 aromatic heterocycles. The summed E-state index contributed by atoms with van der Waals surface area (Å²) in [5, 5.41) is 31.6. The van der Waals surface area contributed by atoms with Crippen molar-refractivity contribution in [2.45, 2.75) is 135 Å². The monoisotopic (exact) mass is 580 g/mol. The van der Waals surface area contributed by atoms with Crippen LogP contribution in [0, 0.1) is 11.8 Å². The molecule has 0 aliphatic carbocycles. The molecule has 2 aliphatic rings. The number of carbonyl (C=O) groups excluding carboxylic acids is 2. The number of cyclic esters (lactones) is 1. The van der Waals surface area contributed by atoms with Gasteiger partial charge < -0.3 is 34.3 Å². The standard InChI is InChI=1S/C32H52O9/c1-9-25(35)22(5)30-26(40-30)19-31(7,37)16-11-12-20(3)29-21(4)13-14-27(39-23(6)33)32(8,38-10-2)17-15-24(34)18-28(36)41-29/h11-14,16,21-22,24-27,29-30,34-35,37H,9-10,15,17-19H2,1-8H3/b14-13+,16-11+,20-12+. The molecule has 1 fully saturated rings.